The number of H-pyrrole nitrogens is 2. The van der Waals surface area contributed by atoms with Crippen LogP contribution in [0.1, 0.15) is 29.7 Å². The highest BCUT2D eigenvalue weighted by Gasteiger charge is 2.20. The normalized spacial score (nSPS) is 11.3. The fraction of sp³-hybridized carbons (Fsp3) is 0.0870. The number of hydrogen-bond acceptors (Lipinski definition) is 3. The average molecular weight is 1100 g/mol. The first-order valence-electron chi connectivity index (χ1n) is 18.2. The molecule has 12 heteroatoms. The molecule has 0 spiro atoms. The van der Waals surface area contributed by atoms with Crippen molar-refractivity contribution in [3.05, 3.63) is 145 Å². The van der Waals surface area contributed by atoms with Crippen LogP contribution in [0.15, 0.2) is 122 Å². The van der Waals surface area contributed by atoms with Gasteiger partial charge in [0.15, 0.2) is 37.2 Å². The van der Waals surface area contributed by atoms with Crippen LogP contribution in [0.25, 0.3) is 90.9 Å². The third kappa shape index (κ3) is 8.40. The summed E-state index contributed by atoms with van der Waals surface area (Å²) in [5.74, 6) is -0.115. The van der Waals surface area contributed by atoms with Gasteiger partial charge in [-0.15, -0.1) is 0 Å². The highest BCUT2D eigenvalue weighted by atomic mass is 127. The summed E-state index contributed by atoms with van der Waals surface area (Å²) in [6, 6.07) is 29.2. The van der Waals surface area contributed by atoms with Crippen molar-refractivity contribution >= 4 is 58.0 Å². The van der Waals surface area contributed by atoms with Gasteiger partial charge in [0.2, 0.25) is 5.91 Å². The maximum atomic E-state index is 11.9. The molecule has 0 aliphatic carbocycles. The van der Waals surface area contributed by atoms with E-state index in [2.05, 4.69) is 137 Å². The van der Waals surface area contributed by atoms with Gasteiger partial charge in [-0.25, -0.2) is 23.7 Å². The van der Waals surface area contributed by atoms with Crippen LogP contribution < -0.4 is 90.9 Å². The summed E-state index contributed by atoms with van der Waals surface area (Å²) in [7, 11) is 6.06. The van der Waals surface area contributed by atoms with Gasteiger partial charge in [-0.05, 0) is 83.0 Å². The molecule has 0 fully saturated rings. The first-order valence-corrected chi connectivity index (χ1v) is 18.2. The Morgan fingerprint density at radius 3 is 1.00 bits per heavy atom. The number of fused-ring (bicyclic) bond motifs is 8. The van der Waals surface area contributed by atoms with Gasteiger partial charge in [0.25, 0.3) is 0 Å². The van der Waals surface area contributed by atoms with Crippen LogP contribution in [-0.4, -0.2) is 25.8 Å². The molecule has 290 valence electrons. The Bertz CT molecular complexity index is 2840. The van der Waals surface area contributed by atoms with Gasteiger partial charge in [-0.2, -0.15) is 0 Å². The minimum Gasteiger partial charge on any atom is -1.00 e. The van der Waals surface area contributed by atoms with E-state index in [-0.39, 0.29) is 77.8 Å². The van der Waals surface area contributed by atoms with E-state index in [0.717, 1.165) is 95.0 Å². The number of pyridine rings is 3. The second-order valence-corrected chi connectivity index (χ2v) is 14.0. The number of halogens is 3. The highest BCUT2D eigenvalue weighted by Crippen LogP contribution is 2.38. The maximum absolute atomic E-state index is 11.9. The number of anilines is 1. The minimum atomic E-state index is -0.115. The number of amides is 1. The molecule has 7 aromatic rings. The van der Waals surface area contributed by atoms with Crippen molar-refractivity contribution in [3.8, 4) is 44.5 Å². The third-order valence-electron chi connectivity index (χ3n) is 10.0. The molecule has 0 saturated heterocycles. The van der Waals surface area contributed by atoms with Gasteiger partial charge in [0.1, 0.15) is 21.1 Å². The number of carbonyl (C=O) groups excluding carboxylic acids is 1. The van der Waals surface area contributed by atoms with Gasteiger partial charge in [-0.1, -0.05) is 12.1 Å². The molecule has 8 heterocycles. The molecule has 9 nitrogen and oxygen atoms in total. The Balaban J connectivity index is 0.00000189. The molecule has 0 radical (unpaired) electrons. The van der Waals surface area contributed by atoms with Crippen LogP contribution >= 0.6 is 0 Å². The fourth-order valence-corrected chi connectivity index (χ4v) is 7.35. The summed E-state index contributed by atoms with van der Waals surface area (Å²) in [6.45, 7) is 1.51. The Morgan fingerprint density at radius 1 is 0.448 bits per heavy atom. The second kappa shape index (κ2) is 17.8. The van der Waals surface area contributed by atoms with Crippen molar-refractivity contribution in [2.24, 2.45) is 21.1 Å². The van der Waals surface area contributed by atoms with E-state index >= 15 is 0 Å². The maximum Gasteiger partial charge on any atom is 0.221 e. The highest BCUT2D eigenvalue weighted by molar-refractivity contribution is 6.00. The van der Waals surface area contributed by atoms with Gasteiger partial charge >= 0.3 is 0 Å². The molecule has 0 atom stereocenters. The number of aromatic nitrogens is 7. The van der Waals surface area contributed by atoms with E-state index < -0.39 is 0 Å². The smallest absolute Gasteiger partial charge is 0.221 e. The van der Waals surface area contributed by atoms with Crippen LogP contribution in [0, 0.1) is 0 Å². The summed E-state index contributed by atoms with van der Waals surface area (Å²) < 4.78 is 6.10. The Hall–Kier alpha value is -5.07. The summed E-state index contributed by atoms with van der Waals surface area (Å²) in [4.78, 5) is 30.2. The minimum absolute atomic E-state index is 0. The van der Waals surface area contributed by atoms with Crippen LogP contribution in [0.4, 0.5) is 5.69 Å². The summed E-state index contributed by atoms with van der Waals surface area (Å²) in [5.41, 5.74) is 15.9. The van der Waals surface area contributed by atoms with E-state index in [0.29, 0.717) is 0 Å². The van der Waals surface area contributed by atoms with Crippen molar-refractivity contribution in [2.75, 3.05) is 5.32 Å². The van der Waals surface area contributed by atoms with Gasteiger partial charge < -0.3 is 87.2 Å². The molecule has 3 N–H and O–H groups in total. The predicted molar refractivity (Wildman–Crippen MR) is 218 cm³/mol. The number of carbonyl (C=O) groups is 1. The third-order valence-corrected chi connectivity index (χ3v) is 10.0. The zero-order valence-electron chi connectivity index (χ0n) is 32.1. The van der Waals surface area contributed by atoms with Crippen molar-refractivity contribution in [2.45, 2.75) is 6.92 Å². The predicted octanol–water partition coefficient (Wildman–Crippen LogP) is -1.23. The first kappa shape index (κ1) is 42.5. The summed E-state index contributed by atoms with van der Waals surface area (Å²) in [5, 5.41) is 2.89. The zero-order valence-corrected chi connectivity index (χ0v) is 38.6. The number of hydrogen-bond donors (Lipinski definition) is 3. The molecule has 8 bridgehead atoms. The standard InChI is InChI=1S/C46H37N8O.3HI/c1-29(55)47-34-7-5-30(6-8-34)43-35-9-11-37(48-35)44(31-17-23-52(2)24-18-31)39-13-15-41(50-39)46(33-21-27-54(4)28-22-33)42-16-14-40(51-42)45(38-12-10-36(43)49-38)32-19-25-53(3)26-20-32;;;/h5-28H,1-4H3,(H-,47,48,49,50,51,55);3*1H/q+1;;;/p-1. The van der Waals surface area contributed by atoms with Crippen LogP contribution in [0.3, 0.4) is 0 Å². The van der Waals surface area contributed by atoms with Crippen molar-refractivity contribution in [1.29, 1.82) is 0 Å². The van der Waals surface area contributed by atoms with E-state index in [4.69, 9.17) is 9.97 Å². The van der Waals surface area contributed by atoms with Crippen molar-refractivity contribution < 1.29 is 90.4 Å². The number of aromatic amines is 2. The molecule has 2 aliphatic rings. The Morgan fingerprint density at radius 2 is 0.724 bits per heavy atom. The number of benzene rings is 1. The lowest BCUT2D eigenvalue weighted by Gasteiger charge is -2.07. The molecule has 0 saturated carbocycles. The Kier molecular flexibility index (Phi) is 13.1. The first-order chi connectivity index (χ1) is 26.8. The molecule has 2 aliphatic heterocycles. The molecular weight excluding hydrogens is 1060 g/mol. The van der Waals surface area contributed by atoms with E-state index in [1.165, 1.54) is 6.92 Å². The number of nitrogens with zero attached hydrogens (tertiary/aromatic N) is 5. The Labute approximate surface area is 387 Å². The molecule has 9 rings (SSSR count). The molecule has 1 aromatic carbocycles. The van der Waals surface area contributed by atoms with Gasteiger partial charge in [-0.3, -0.25) is 4.79 Å². The summed E-state index contributed by atoms with van der Waals surface area (Å²) in [6.07, 6.45) is 20.8. The molecular formula is C46H39I3N8O. The van der Waals surface area contributed by atoms with E-state index in [1.807, 2.05) is 59.1 Å². The zero-order chi connectivity index (χ0) is 37.6. The largest absolute Gasteiger partial charge is 1.00 e. The lowest BCUT2D eigenvalue weighted by atomic mass is 10.0. The van der Waals surface area contributed by atoms with Crippen molar-refractivity contribution in [1.82, 2.24) is 19.9 Å². The lowest BCUT2D eigenvalue weighted by molar-refractivity contribution is -0.671. The topological polar surface area (TPSA) is 98.1 Å². The van der Waals surface area contributed by atoms with Crippen molar-refractivity contribution in [3.63, 3.8) is 0 Å². The lowest BCUT2D eigenvalue weighted by Crippen LogP contribution is -3.00. The average Bonchev–Trinajstić information content (AvgIpc) is 4.02. The van der Waals surface area contributed by atoms with Crippen LogP contribution in [0.5, 0.6) is 0 Å². The molecule has 0 unspecified atom stereocenters. The quantitative estimate of drug-likeness (QED) is 0.149. The number of aryl methyl sites for hydroxylation is 3. The number of nitrogens with one attached hydrogen (secondary N) is 3. The second-order valence-electron chi connectivity index (χ2n) is 14.0. The van der Waals surface area contributed by atoms with Crippen LogP contribution in [-0.2, 0) is 25.9 Å². The van der Waals surface area contributed by atoms with Gasteiger partial charge in [0, 0.05) is 93.3 Å². The van der Waals surface area contributed by atoms with Gasteiger partial charge in [0.05, 0.1) is 22.8 Å². The number of rotatable bonds is 5. The summed E-state index contributed by atoms with van der Waals surface area (Å²) >= 11 is 0. The van der Waals surface area contributed by atoms with E-state index in [9.17, 15) is 4.79 Å². The molecule has 6 aromatic heterocycles. The van der Waals surface area contributed by atoms with Crippen LogP contribution in [0.2, 0.25) is 0 Å². The molecule has 58 heavy (non-hydrogen) atoms. The monoisotopic (exact) mass is 1100 g/mol. The SMILES string of the molecule is CC(=O)Nc1ccc(-c2c3nc(c(-c4cc[n+](C)cc4)c4ccc([nH]4)c(-c4cc[n+](C)cc4)c4nc(c(-c5cc[n+](C)cc5)c5ccc2[nH]5)C=C4)C=C3)cc1.[I-].[I-].[I-]. The fourth-order valence-electron chi connectivity index (χ4n) is 7.35. The molecule has 1 amide bonds. The van der Waals surface area contributed by atoms with E-state index in [1.54, 1.807) is 0 Å².